The predicted octanol–water partition coefficient (Wildman–Crippen LogP) is 2.67. The lowest BCUT2D eigenvalue weighted by Crippen LogP contribution is -2.00. The Morgan fingerprint density at radius 2 is 2.21 bits per heavy atom. The Bertz CT molecular complexity index is 534. The Kier molecular flexibility index (Phi) is 4.44. The second kappa shape index (κ2) is 6.27. The maximum Gasteiger partial charge on any atom is 0.122 e. The van der Waals surface area contributed by atoms with Gasteiger partial charge in [-0.05, 0) is 36.5 Å². The van der Waals surface area contributed by atoms with E-state index in [-0.39, 0.29) is 0 Å². The fourth-order valence-electron chi connectivity index (χ4n) is 2.21. The minimum Gasteiger partial charge on any atom is -0.496 e. The molecule has 2 aromatic rings. The lowest BCUT2D eigenvalue weighted by molar-refractivity contribution is 0.410. The van der Waals surface area contributed by atoms with E-state index in [4.69, 9.17) is 10.5 Å². The van der Waals surface area contributed by atoms with Gasteiger partial charge in [0.05, 0.1) is 19.0 Å². The molecule has 0 saturated heterocycles. The van der Waals surface area contributed by atoms with Crippen LogP contribution in [-0.2, 0) is 19.4 Å². The van der Waals surface area contributed by atoms with Crippen LogP contribution in [0.25, 0.3) is 0 Å². The first-order valence-corrected chi connectivity index (χ1v) is 6.66. The molecule has 0 spiro atoms. The van der Waals surface area contributed by atoms with E-state index in [0.29, 0.717) is 0 Å². The molecule has 1 heterocycles. The number of ether oxygens (including phenoxy) is 1. The summed E-state index contributed by atoms with van der Waals surface area (Å²) in [6, 6.07) is 6.42. The van der Waals surface area contributed by atoms with Crippen LogP contribution >= 0.6 is 0 Å². The van der Waals surface area contributed by atoms with E-state index in [0.717, 1.165) is 37.2 Å². The second-order valence-electron chi connectivity index (χ2n) is 4.64. The molecule has 0 atom stereocenters. The van der Waals surface area contributed by atoms with Crippen molar-refractivity contribution in [1.82, 2.24) is 9.78 Å². The number of nitrogens with two attached hydrogens (primary N) is 1. The van der Waals surface area contributed by atoms with Gasteiger partial charge in [-0.1, -0.05) is 19.1 Å². The van der Waals surface area contributed by atoms with Gasteiger partial charge in [0.1, 0.15) is 5.75 Å². The third-order valence-corrected chi connectivity index (χ3v) is 3.23. The summed E-state index contributed by atoms with van der Waals surface area (Å²) in [5.41, 5.74) is 8.97. The molecule has 2 N–H and O–H groups in total. The SMILES string of the molecule is CCc1cc(CCCn2cc(N)cn2)ccc1OC. The summed E-state index contributed by atoms with van der Waals surface area (Å²) in [6.45, 7) is 3.04. The van der Waals surface area contributed by atoms with Gasteiger partial charge < -0.3 is 10.5 Å². The zero-order valence-corrected chi connectivity index (χ0v) is 11.6. The van der Waals surface area contributed by atoms with E-state index in [1.165, 1.54) is 11.1 Å². The minimum atomic E-state index is 0.720. The van der Waals surface area contributed by atoms with E-state index < -0.39 is 0 Å². The summed E-state index contributed by atoms with van der Waals surface area (Å²) < 4.78 is 7.23. The normalized spacial score (nSPS) is 10.6. The van der Waals surface area contributed by atoms with Crippen molar-refractivity contribution < 1.29 is 4.74 Å². The van der Waals surface area contributed by atoms with Crippen LogP contribution in [0.15, 0.2) is 30.6 Å². The molecule has 2 rings (SSSR count). The third kappa shape index (κ3) is 3.50. The Morgan fingerprint density at radius 3 is 2.84 bits per heavy atom. The predicted molar refractivity (Wildman–Crippen MR) is 77.3 cm³/mol. The van der Waals surface area contributed by atoms with Crippen LogP contribution in [0.4, 0.5) is 5.69 Å². The van der Waals surface area contributed by atoms with Gasteiger partial charge in [0, 0.05) is 12.7 Å². The van der Waals surface area contributed by atoms with Gasteiger partial charge in [-0.2, -0.15) is 5.10 Å². The van der Waals surface area contributed by atoms with Crippen molar-refractivity contribution in [2.24, 2.45) is 0 Å². The molecule has 0 radical (unpaired) electrons. The molecule has 19 heavy (non-hydrogen) atoms. The maximum atomic E-state index is 5.63. The van der Waals surface area contributed by atoms with Crippen LogP contribution in [0, 0.1) is 0 Å². The van der Waals surface area contributed by atoms with Crippen molar-refractivity contribution >= 4 is 5.69 Å². The number of aromatic nitrogens is 2. The van der Waals surface area contributed by atoms with E-state index in [1.54, 1.807) is 13.3 Å². The highest BCUT2D eigenvalue weighted by atomic mass is 16.5. The van der Waals surface area contributed by atoms with E-state index in [1.807, 2.05) is 10.9 Å². The average Bonchev–Trinajstić information content (AvgIpc) is 2.84. The molecule has 0 saturated carbocycles. The quantitative estimate of drug-likeness (QED) is 0.867. The molecule has 0 aliphatic heterocycles. The summed E-state index contributed by atoms with van der Waals surface area (Å²) >= 11 is 0. The van der Waals surface area contributed by atoms with Crippen molar-refractivity contribution in [1.29, 1.82) is 0 Å². The summed E-state index contributed by atoms with van der Waals surface area (Å²) in [7, 11) is 1.72. The van der Waals surface area contributed by atoms with Crippen LogP contribution in [0.3, 0.4) is 0 Å². The second-order valence-corrected chi connectivity index (χ2v) is 4.64. The first-order valence-electron chi connectivity index (χ1n) is 6.66. The highest BCUT2D eigenvalue weighted by Gasteiger charge is 2.03. The number of nitrogens with zero attached hydrogens (tertiary/aromatic N) is 2. The molecule has 1 aromatic heterocycles. The van der Waals surface area contributed by atoms with Gasteiger partial charge in [0.25, 0.3) is 0 Å². The van der Waals surface area contributed by atoms with E-state index in [9.17, 15) is 0 Å². The van der Waals surface area contributed by atoms with Crippen molar-refractivity contribution in [3.63, 3.8) is 0 Å². The molecule has 0 unspecified atom stereocenters. The Morgan fingerprint density at radius 1 is 1.37 bits per heavy atom. The molecule has 0 amide bonds. The first-order chi connectivity index (χ1) is 9.22. The lowest BCUT2D eigenvalue weighted by atomic mass is 10.0. The van der Waals surface area contributed by atoms with Crippen molar-refractivity contribution in [2.45, 2.75) is 32.7 Å². The van der Waals surface area contributed by atoms with E-state index >= 15 is 0 Å². The lowest BCUT2D eigenvalue weighted by Gasteiger charge is -2.09. The van der Waals surface area contributed by atoms with Crippen molar-refractivity contribution in [2.75, 3.05) is 12.8 Å². The fraction of sp³-hybridized carbons (Fsp3) is 0.400. The number of hydrogen-bond donors (Lipinski definition) is 1. The highest BCUT2D eigenvalue weighted by molar-refractivity contribution is 5.37. The number of benzene rings is 1. The van der Waals surface area contributed by atoms with Crippen molar-refractivity contribution in [3.05, 3.63) is 41.7 Å². The Balaban J connectivity index is 1.92. The van der Waals surface area contributed by atoms with Gasteiger partial charge in [-0.3, -0.25) is 4.68 Å². The molecule has 4 nitrogen and oxygen atoms in total. The zero-order valence-electron chi connectivity index (χ0n) is 11.6. The summed E-state index contributed by atoms with van der Waals surface area (Å²) in [4.78, 5) is 0. The topological polar surface area (TPSA) is 53.1 Å². The van der Waals surface area contributed by atoms with Gasteiger partial charge in [0.2, 0.25) is 0 Å². The van der Waals surface area contributed by atoms with Crippen LogP contribution < -0.4 is 10.5 Å². The number of methoxy groups -OCH3 is 1. The largest absolute Gasteiger partial charge is 0.496 e. The van der Waals surface area contributed by atoms with Crippen LogP contribution in [0.2, 0.25) is 0 Å². The van der Waals surface area contributed by atoms with Crippen LogP contribution in [0.1, 0.15) is 24.5 Å². The zero-order chi connectivity index (χ0) is 13.7. The van der Waals surface area contributed by atoms with E-state index in [2.05, 4.69) is 30.2 Å². The molecule has 0 fully saturated rings. The highest BCUT2D eigenvalue weighted by Crippen LogP contribution is 2.21. The molecule has 0 aliphatic rings. The van der Waals surface area contributed by atoms with Gasteiger partial charge in [-0.25, -0.2) is 0 Å². The average molecular weight is 259 g/mol. The maximum absolute atomic E-state index is 5.63. The van der Waals surface area contributed by atoms with Gasteiger partial charge >= 0.3 is 0 Å². The van der Waals surface area contributed by atoms with Crippen molar-refractivity contribution in [3.8, 4) is 5.75 Å². The molecule has 0 bridgehead atoms. The number of hydrogen-bond acceptors (Lipinski definition) is 3. The standard InChI is InChI=1S/C15H21N3O/c1-3-13-9-12(6-7-15(13)19-2)5-4-8-18-11-14(16)10-17-18/h6-7,9-11H,3-5,8,16H2,1-2H3. The number of nitrogen functional groups attached to an aromatic ring is 1. The van der Waals surface area contributed by atoms with Gasteiger partial charge in [-0.15, -0.1) is 0 Å². The first kappa shape index (κ1) is 13.5. The molecule has 0 aliphatic carbocycles. The minimum absolute atomic E-state index is 0.720. The van der Waals surface area contributed by atoms with Crippen LogP contribution in [-0.4, -0.2) is 16.9 Å². The Hall–Kier alpha value is -1.97. The molecule has 102 valence electrons. The number of rotatable bonds is 6. The monoisotopic (exact) mass is 259 g/mol. The summed E-state index contributed by atoms with van der Waals surface area (Å²) in [5.74, 6) is 0.978. The summed E-state index contributed by atoms with van der Waals surface area (Å²) in [5, 5.41) is 4.18. The number of aryl methyl sites for hydroxylation is 3. The van der Waals surface area contributed by atoms with Gasteiger partial charge in [0.15, 0.2) is 0 Å². The molecular weight excluding hydrogens is 238 g/mol. The Labute approximate surface area is 114 Å². The number of anilines is 1. The fourth-order valence-corrected chi connectivity index (χ4v) is 2.21. The molecule has 4 heteroatoms. The summed E-state index contributed by atoms with van der Waals surface area (Å²) in [6.07, 6.45) is 6.63. The smallest absolute Gasteiger partial charge is 0.122 e. The van der Waals surface area contributed by atoms with Crippen LogP contribution in [0.5, 0.6) is 5.75 Å². The molecular formula is C15H21N3O. The molecule has 1 aromatic carbocycles. The third-order valence-electron chi connectivity index (χ3n) is 3.23.